The molecule has 1 aromatic carbocycles. The van der Waals surface area contributed by atoms with Crippen LogP contribution in [0.3, 0.4) is 0 Å². The van der Waals surface area contributed by atoms with Gasteiger partial charge in [0.2, 0.25) is 5.91 Å². The van der Waals surface area contributed by atoms with Crippen LogP contribution in [0.1, 0.15) is 30.7 Å². The van der Waals surface area contributed by atoms with Crippen LogP contribution in [0, 0.1) is 11.8 Å². The maximum absolute atomic E-state index is 12.0. The lowest BCUT2D eigenvalue weighted by atomic mass is 10.1. The number of hydrogen-bond donors (Lipinski definition) is 1. The van der Waals surface area contributed by atoms with Crippen molar-refractivity contribution in [3.63, 3.8) is 0 Å². The van der Waals surface area contributed by atoms with Gasteiger partial charge in [-0.3, -0.25) is 4.79 Å². The Hall–Kier alpha value is -0.830. The van der Waals surface area contributed by atoms with Gasteiger partial charge in [0.05, 0.1) is 0 Å². The van der Waals surface area contributed by atoms with Gasteiger partial charge in [0.1, 0.15) is 0 Å². The van der Waals surface area contributed by atoms with E-state index in [1.54, 1.807) is 0 Å². The molecule has 3 rings (SSSR count). The second-order valence-corrected chi connectivity index (χ2v) is 6.63. The second-order valence-electron chi connectivity index (χ2n) is 5.46. The lowest BCUT2D eigenvalue weighted by Gasteiger charge is -2.09. The highest BCUT2D eigenvalue weighted by molar-refractivity contribution is 9.09. The predicted molar refractivity (Wildman–Crippen MR) is 75.7 cm³/mol. The summed E-state index contributed by atoms with van der Waals surface area (Å²) in [6, 6.07) is 10.4. The Labute approximate surface area is 116 Å². The van der Waals surface area contributed by atoms with E-state index < -0.39 is 0 Å². The van der Waals surface area contributed by atoms with Crippen LogP contribution in [0.5, 0.6) is 0 Å². The Bertz CT molecular complexity index is 429. The molecule has 2 saturated carbocycles. The monoisotopic (exact) mass is 307 g/mol. The van der Waals surface area contributed by atoms with Gasteiger partial charge in [-0.05, 0) is 36.7 Å². The number of carbonyl (C=O) groups excluding carboxylic acids is 1. The van der Waals surface area contributed by atoms with Crippen molar-refractivity contribution < 1.29 is 4.79 Å². The molecular formula is C15H18BrNO. The molecule has 0 bridgehead atoms. The van der Waals surface area contributed by atoms with Crippen LogP contribution < -0.4 is 5.32 Å². The quantitative estimate of drug-likeness (QED) is 0.832. The minimum absolute atomic E-state index is 0.200. The Morgan fingerprint density at radius 3 is 2.72 bits per heavy atom. The number of alkyl halides is 1. The molecule has 2 nitrogen and oxygen atoms in total. The minimum atomic E-state index is 0.200. The summed E-state index contributed by atoms with van der Waals surface area (Å²) >= 11 is 3.65. The largest absolute Gasteiger partial charge is 0.355 e. The van der Waals surface area contributed by atoms with Crippen molar-refractivity contribution in [1.82, 2.24) is 5.32 Å². The number of halogens is 1. The van der Waals surface area contributed by atoms with Crippen LogP contribution in [-0.4, -0.2) is 17.3 Å². The summed E-state index contributed by atoms with van der Waals surface area (Å²) in [5, 5.41) is 3.08. The van der Waals surface area contributed by atoms with E-state index in [1.807, 2.05) is 18.2 Å². The van der Waals surface area contributed by atoms with Crippen molar-refractivity contribution >= 4 is 21.8 Å². The first-order chi connectivity index (χ1) is 8.75. The fourth-order valence-electron chi connectivity index (χ4n) is 2.51. The van der Waals surface area contributed by atoms with E-state index in [-0.39, 0.29) is 11.8 Å². The van der Waals surface area contributed by atoms with Crippen molar-refractivity contribution in [2.45, 2.75) is 30.0 Å². The maximum Gasteiger partial charge on any atom is 0.223 e. The summed E-state index contributed by atoms with van der Waals surface area (Å²) in [5.74, 6) is 1.66. The van der Waals surface area contributed by atoms with Crippen molar-refractivity contribution in [2.24, 2.45) is 11.8 Å². The fraction of sp³-hybridized carbons (Fsp3) is 0.533. The zero-order valence-electron chi connectivity index (χ0n) is 10.3. The normalized spacial score (nSPS) is 27.6. The van der Waals surface area contributed by atoms with Crippen molar-refractivity contribution in [2.75, 3.05) is 6.54 Å². The fourth-order valence-corrected chi connectivity index (χ4v) is 3.20. The van der Waals surface area contributed by atoms with Gasteiger partial charge in [-0.25, -0.2) is 0 Å². The molecule has 0 saturated heterocycles. The Morgan fingerprint density at radius 2 is 2.06 bits per heavy atom. The van der Waals surface area contributed by atoms with Gasteiger partial charge in [-0.15, -0.1) is 0 Å². The first kappa shape index (κ1) is 12.2. The third-order valence-corrected chi connectivity index (χ3v) is 5.03. The molecule has 0 aliphatic heterocycles. The summed E-state index contributed by atoms with van der Waals surface area (Å²) in [6.07, 6.45) is 3.62. The highest BCUT2D eigenvalue weighted by Crippen LogP contribution is 2.47. The van der Waals surface area contributed by atoms with Gasteiger partial charge in [0.15, 0.2) is 0 Å². The molecule has 0 spiro atoms. The number of rotatable bonds is 5. The number of benzene rings is 1. The molecule has 3 heteroatoms. The van der Waals surface area contributed by atoms with Gasteiger partial charge in [0.25, 0.3) is 0 Å². The van der Waals surface area contributed by atoms with Crippen LogP contribution in [-0.2, 0) is 4.79 Å². The zero-order valence-corrected chi connectivity index (χ0v) is 11.9. The molecular weight excluding hydrogens is 290 g/mol. The molecule has 1 aromatic rings. The molecule has 0 radical (unpaired) electrons. The average molecular weight is 308 g/mol. The van der Waals surface area contributed by atoms with E-state index in [0.29, 0.717) is 10.7 Å². The van der Waals surface area contributed by atoms with Gasteiger partial charge in [-0.2, -0.15) is 0 Å². The number of carbonyl (C=O) groups is 1. The highest BCUT2D eigenvalue weighted by Gasteiger charge is 2.44. The van der Waals surface area contributed by atoms with Gasteiger partial charge >= 0.3 is 0 Å². The van der Waals surface area contributed by atoms with Gasteiger partial charge in [-0.1, -0.05) is 46.3 Å². The van der Waals surface area contributed by atoms with Gasteiger partial charge in [0, 0.05) is 17.3 Å². The molecule has 2 aliphatic rings. The van der Waals surface area contributed by atoms with Crippen molar-refractivity contribution in [3.05, 3.63) is 35.9 Å². The summed E-state index contributed by atoms with van der Waals surface area (Å²) in [7, 11) is 0. The standard InChI is InChI=1S/C15H18BrNO/c16-14(11-6-7-11)9-17-15(18)13-8-12(13)10-4-2-1-3-5-10/h1-5,11-14H,6-9H2,(H,17,18). The molecule has 2 fully saturated rings. The first-order valence-corrected chi connectivity index (χ1v) is 7.64. The summed E-state index contributed by atoms with van der Waals surface area (Å²) in [6.45, 7) is 0.779. The molecule has 2 aliphatic carbocycles. The van der Waals surface area contributed by atoms with Gasteiger partial charge < -0.3 is 5.32 Å². The number of hydrogen-bond acceptors (Lipinski definition) is 1. The van der Waals surface area contributed by atoms with Crippen LogP contribution >= 0.6 is 15.9 Å². The SMILES string of the molecule is O=C(NCC(Br)C1CC1)C1CC1c1ccccc1. The lowest BCUT2D eigenvalue weighted by molar-refractivity contribution is -0.122. The molecule has 1 N–H and O–H groups in total. The van der Waals surface area contributed by atoms with Crippen molar-refractivity contribution in [3.8, 4) is 0 Å². The van der Waals surface area contributed by atoms with Crippen LogP contribution in [0.2, 0.25) is 0 Å². The Kier molecular flexibility index (Phi) is 3.42. The molecule has 96 valence electrons. The summed E-state index contributed by atoms with van der Waals surface area (Å²) in [5.41, 5.74) is 1.30. The molecule has 0 heterocycles. The van der Waals surface area contributed by atoms with Crippen LogP contribution in [0.25, 0.3) is 0 Å². The summed E-state index contributed by atoms with van der Waals surface area (Å²) < 4.78 is 0. The molecule has 3 unspecified atom stereocenters. The maximum atomic E-state index is 12.0. The average Bonchev–Trinajstić information content (AvgIpc) is 3.29. The van der Waals surface area contributed by atoms with E-state index in [1.165, 1.54) is 18.4 Å². The smallest absolute Gasteiger partial charge is 0.223 e. The third kappa shape index (κ3) is 2.77. The lowest BCUT2D eigenvalue weighted by Crippen LogP contribution is -2.31. The Morgan fingerprint density at radius 1 is 1.33 bits per heavy atom. The zero-order chi connectivity index (χ0) is 12.5. The van der Waals surface area contributed by atoms with E-state index in [2.05, 4.69) is 33.4 Å². The summed E-state index contributed by atoms with van der Waals surface area (Å²) in [4.78, 5) is 12.5. The molecule has 0 aromatic heterocycles. The Balaban J connectivity index is 1.47. The molecule has 3 atom stereocenters. The predicted octanol–water partition coefficient (Wildman–Crippen LogP) is 3.08. The minimum Gasteiger partial charge on any atom is -0.355 e. The topological polar surface area (TPSA) is 29.1 Å². The van der Waals surface area contributed by atoms with E-state index in [4.69, 9.17) is 0 Å². The molecule has 1 amide bonds. The van der Waals surface area contributed by atoms with E-state index in [0.717, 1.165) is 18.9 Å². The third-order valence-electron chi connectivity index (χ3n) is 3.96. The van der Waals surface area contributed by atoms with Crippen LogP contribution in [0.15, 0.2) is 30.3 Å². The molecule has 18 heavy (non-hydrogen) atoms. The van der Waals surface area contributed by atoms with E-state index >= 15 is 0 Å². The first-order valence-electron chi connectivity index (χ1n) is 6.72. The van der Waals surface area contributed by atoms with E-state index in [9.17, 15) is 4.79 Å². The number of nitrogens with one attached hydrogen (secondary N) is 1. The van der Waals surface area contributed by atoms with Crippen LogP contribution in [0.4, 0.5) is 0 Å². The highest BCUT2D eigenvalue weighted by atomic mass is 79.9. The second kappa shape index (κ2) is 5.04. The number of amides is 1. The van der Waals surface area contributed by atoms with Crippen molar-refractivity contribution in [1.29, 1.82) is 0 Å².